The summed E-state index contributed by atoms with van der Waals surface area (Å²) >= 11 is 6.52. The van der Waals surface area contributed by atoms with Crippen LogP contribution in [0.2, 0.25) is 5.02 Å². The van der Waals surface area contributed by atoms with E-state index in [1.165, 1.54) is 31.2 Å². The molecule has 1 aromatic carbocycles. The Morgan fingerprint density at radius 2 is 2.14 bits per heavy atom. The summed E-state index contributed by atoms with van der Waals surface area (Å²) in [6.45, 7) is 4.48. The van der Waals surface area contributed by atoms with Crippen LogP contribution in [0.5, 0.6) is 0 Å². The number of hydrogen-bond acceptors (Lipinski definition) is 2. The Morgan fingerprint density at radius 1 is 1.38 bits per heavy atom. The highest BCUT2D eigenvalue weighted by Gasteiger charge is 2.23. The van der Waals surface area contributed by atoms with Crippen molar-refractivity contribution in [3.05, 3.63) is 28.8 Å². The topological polar surface area (TPSA) is 29.3 Å². The van der Waals surface area contributed by atoms with E-state index in [-0.39, 0.29) is 6.04 Å². The normalized spacial score (nSPS) is 23.9. The summed E-state index contributed by atoms with van der Waals surface area (Å²) in [7, 11) is 2.18. The van der Waals surface area contributed by atoms with E-state index >= 15 is 0 Å². The van der Waals surface area contributed by atoms with Crippen molar-refractivity contribution < 1.29 is 0 Å². The van der Waals surface area contributed by atoms with Gasteiger partial charge in [-0.25, -0.2) is 0 Å². The Kier molecular flexibility index (Phi) is 5.95. The molecule has 118 valence electrons. The molecule has 1 saturated carbocycles. The van der Waals surface area contributed by atoms with Gasteiger partial charge in [0.2, 0.25) is 0 Å². The van der Waals surface area contributed by atoms with E-state index in [4.69, 9.17) is 17.3 Å². The molecular weight excluding hydrogens is 280 g/mol. The van der Waals surface area contributed by atoms with E-state index in [0.717, 1.165) is 29.5 Å². The van der Waals surface area contributed by atoms with Gasteiger partial charge in [-0.1, -0.05) is 44.4 Å². The van der Waals surface area contributed by atoms with Crippen molar-refractivity contribution in [1.82, 2.24) is 0 Å². The van der Waals surface area contributed by atoms with Crippen molar-refractivity contribution in [3.8, 4) is 0 Å². The smallest absolute Gasteiger partial charge is 0.0642 e. The van der Waals surface area contributed by atoms with Gasteiger partial charge in [0, 0.05) is 19.1 Å². The van der Waals surface area contributed by atoms with Gasteiger partial charge in [0.05, 0.1) is 10.7 Å². The second kappa shape index (κ2) is 7.51. The minimum atomic E-state index is 0.226. The van der Waals surface area contributed by atoms with Gasteiger partial charge in [-0.05, 0) is 49.3 Å². The van der Waals surface area contributed by atoms with Crippen LogP contribution in [0.3, 0.4) is 0 Å². The zero-order chi connectivity index (χ0) is 15.4. The first-order valence-corrected chi connectivity index (χ1v) is 8.65. The van der Waals surface area contributed by atoms with E-state index in [1.807, 2.05) is 0 Å². The van der Waals surface area contributed by atoms with Crippen molar-refractivity contribution >= 4 is 17.3 Å². The largest absolute Gasteiger partial charge is 0.370 e. The van der Waals surface area contributed by atoms with Crippen LogP contribution in [-0.4, -0.2) is 19.1 Å². The first kappa shape index (κ1) is 16.6. The number of halogens is 1. The first-order valence-electron chi connectivity index (χ1n) is 8.28. The average molecular weight is 309 g/mol. The number of anilines is 1. The van der Waals surface area contributed by atoms with Gasteiger partial charge in [-0.3, -0.25) is 0 Å². The summed E-state index contributed by atoms with van der Waals surface area (Å²) in [5, 5.41) is 0.858. The fourth-order valence-electron chi connectivity index (χ4n) is 3.36. The molecule has 0 aliphatic heterocycles. The number of hydrogen-bond donors (Lipinski definition) is 1. The van der Waals surface area contributed by atoms with Crippen LogP contribution in [0.1, 0.15) is 51.5 Å². The van der Waals surface area contributed by atoms with Crippen LogP contribution in [0.4, 0.5) is 5.69 Å². The van der Waals surface area contributed by atoms with Gasteiger partial charge < -0.3 is 10.6 Å². The second-order valence-corrected chi connectivity index (χ2v) is 7.10. The third-order valence-corrected chi connectivity index (χ3v) is 5.17. The number of nitrogens with two attached hydrogens (primary N) is 1. The quantitative estimate of drug-likeness (QED) is 0.859. The van der Waals surface area contributed by atoms with Crippen LogP contribution >= 0.6 is 11.6 Å². The third-order valence-electron chi connectivity index (χ3n) is 4.87. The molecule has 2 nitrogen and oxygen atoms in total. The molecule has 2 N–H and O–H groups in total. The van der Waals surface area contributed by atoms with E-state index in [0.29, 0.717) is 6.04 Å². The van der Waals surface area contributed by atoms with E-state index in [2.05, 4.69) is 44.0 Å². The predicted octanol–water partition coefficient (Wildman–Crippen LogP) is 4.63. The van der Waals surface area contributed by atoms with E-state index in [9.17, 15) is 0 Å². The van der Waals surface area contributed by atoms with Gasteiger partial charge in [-0.2, -0.15) is 0 Å². The van der Waals surface area contributed by atoms with Crippen LogP contribution in [0, 0.1) is 5.92 Å². The summed E-state index contributed by atoms with van der Waals surface area (Å²) in [6, 6.07) is 7.28. The minimum absolute atomic E-state index is 0.226. The molecule has 0 amide bonds. The Bertz CT molecular complexity index is 461. The summed E-state index contributed by atoms with van der Waals surface area (Å²) in [5.74, 6) is 0.826. The third kappa shape index (κ3) is 4.37. The molecule has 3 atom stereocenters. The zero-order valence-electron chi connectivity index (χ0n) is 13.6. The molecule has 1 aromatic rings. The molecule has 21 heavy (non-hydrogen) atoms. The molecule has 1 fully saturated rings. The van der Waals surface area contributed by atoms with Crippen molar-refractivity contribution in [2.75, 3.05) is 11.9 Å². The molecule has 0 aromatic heterocycles. The van der Waals surface area contributed by atoms with Gasteiger partial charge in [0.15, 0.2) is 0 Å². The Morgan fingerprint density at radius 3 is 2.76 bits per heavy atom. The van der Waals surface area contributed by atoms with E-state index < -0.39 is 0 Å². The summed E-state index contributed by atoms with van der Waals surface area (Å²) < 4.78 is 0. The first-order chi connectivity index (χ1) is 10.0. The molecule has 0 radical (unpaired) electrons. The maximum atomic E-state index is 6.52. The lowest BCUT2D eigenvalue weighted by atomic mass is 9.86. The highest BCUT2D eigenvalue weighted by Crippen LogP contribution is 2.33. The number of benzene rings is 1. The van der Waals surface area contributed by atoms with Gasteiger partial charge in [-0.15, -0.1) is 0 Å². The van der Waals surface area contributed by atoms with Crippen molar-refractivity contribution in [2.24, 2.45) is 11.7 Å². The lowest BCUT2D eigenvalue weighted by molar-refractivity contribution is 0.336. The molecular formula is C18H29ClN2. The SMILES string of the molecule is CCC(N)Cc1ccc(N(C)C2CCCC(C)C2)c(Cl)c1. The lowest BCUT2D eigenvalue weighted by Crippen LogP contribution is -2.35. The molecule has 0 saturated heterocycles. The molecule has 0 heterocycles. The number of rotatable bonds is 5. The predicted molar refractivity (Wildman–Crippen MR) is 93.2 cm³/mol. The Hall–Kier alpha value is -0.730. The van der Waals surface area contributed by atoms with Crippen LogP contribution in [-0.2, 0) is 6.42 Å². The van der Waals surface area contributed by atoms with Gasteiger partial charge in [0.25, 0.3) is 0 Å². The zero-order valence-corrected chi connectivity index (χ0v) is 14.4. The van der Waals surface area contributed by atoms with E-state index in [1.54, 1.807) is 0 Å². The maximum Gasteiger partial charge on any atom is 0.0642 e. The summed E-state index contributed by atoms with van der Waals surface area (Å²) in [4.78, 5) is 2.38. The number of nitrogens with zero attached hydrogens (tertiary/aromatic N) is 1. The van der Waals surface area contributed by atoms with Crippen LogP contribution in [0.15, 0.2) is 18.2 Å². The monoisotopic (exact) mass is 308 g/mol. The summed E-state index contributed by atoms with van der Waals surface area (Å²) in [6.07, 6.45) is 7.15. The Labute approximate surface area is 134 Å². The molecule has 0 spiro atoms. The van der Waals surface area contributed by atoms with Gasteiger partial charge >= 0.3 is 0 Å². The highest BCUT2D eigenvalue weighted by atomic mass is 35.5. The fourth-order valence-corrected chi connectivity index (χ4v) is 3.70. The molecule has 0 bridgehead atoms. The molecule has 3 heteroatoms. The average Bonchev–Trinajstić information content (AvgIpc) is 2.46. The van der Waals surface area contributed by atoms with Crippen molar-refractivity contribution in [2.45, 2.75) is 64.5 Å². The Balaban J connectivity index is 2.09. The second-order valence-electron chi connectivity index (χ2n) is 6.69. The maximum absolute atomic E-state index is 6.52. The lowest BCUT2D eigenvalue weighted by Gasteiger charge is -2.36. The highest BCUT2D eigenvalue weighted by molar-refractivity contribution is 6.33. The van der Waals surface area contributed by atoms with Gasteiger partial charge in [0.1, 0.15) is 0 Å². The molecule has 3 unspecified atom stereocenters. The van der Waals surface area contributed by atoms with Crippen LogP contribution in [0.25, 0.3) is 0 Å². The fraction of sp³-hybridized carbons (Fsp3) is 0.667. The summed E-state index contributed by atoms with van der Waals surface area (Å²) in [5.41, 5.74) is 8.43. The van der Waals surface area contributed by atoms with Crippen molar-refractivity contribution in [1.29, 1.82) is 0 Å². The van der Waals surface area contributed by atoms with Crippen LogP contribution < -0.4 is 10.6 Å². The van der Waals surface area contributed by atoms with Crippen molar-refractivity contribution in [3.63, 3.8) is 0 Å². The molecule has 1 aliphatic carbocycles. The minimum Gasteiger partial charge on any atom is -0.370 e. The molecule has 1 aliphatic rings. The molecule has 2 rings (SSSR count). The standard InChI is InChI=1S/C18H29ClN2/c1-4-15(20)11-14-8-9-18(17(19)12-14)21(3)16-7-5-6-13(2)10-16/h8-9,12-13,15-16H,4-7,10-11,20H2,1-3H3.